The molecule has 0 fully saturated rings. The molecule has 0 aromatic heterocycles. The van der Waals surface area contributed by atoms with Crippen LogP contribution in [0.1, 0.15) is 13.8 Å². The molecular formula is C23H25. The summed E-state index contributed by atoms with van der Waals surface area (Å²) in [5.41, 5.74) is 2.58. The fraction of sp³-hybridized carbons (Fsp3) is 0.0870. The van der Waals surface area contributed by atoms with Crippen LogP contribution in [0, 0.1) is 19.8 Å². The summed E-state index contributed by atoms with van der Waals surface area (Å²) >= 11 is 0. The highest BCUT2D eigenvalue weighted by Gasteiger charge is 2.01. The lowest BCUT2D eigenvalue weighted by Crippen LogP contribution is -1.79. The third-order valence-corrected chi connectivity index (χ3v) is 2.87. The summed E-state index contributed by atoms with van der Waals surface area (Å²) in [7, 11) is 0. The molecule has 3 aromatic carbocycles. The minimum atomic E-state index is 1.28. The van der Waals surface area contributed by atoms with Crippen molar-refractivity contribution < 1.29 is 0 Å². The van der Waals surface area contributed by atoms with Crippen LogP contribution in [-0.2, 0) is 0 Å². The fourth-order valence-corrected chi connectivity index (χ4v) is 2.09. The second-order valence-corrected chi connectivity index (χ2v) is 4.18. The van der Waals surface area contributed by atoms with Gasteiger partial charge in [-0.2, -0.15) is 0 Å². The van der Waals surface area contributed by atoms with Gasteiger partial charge in [0.1, 0.15) is 0 Å². The summed E-state index contributed by atoms with van der Waals surface area (Å²) in [6, 6.07) is 25.5. The molecule has 0 spiro atoms. The van der Waals surface area contributed by atoms with Crippen LogP contribution < -0.4 is 0 Å². The Balaban J connectivity index is 0.000000609. The van der Waals surface area contributed by atoms with Gasteiger partial charge in [-0.05, 0) is 28.8 Å². The Morgan fingerprint density at radius 2 is 1.22 bits per heavy atom. The van der Waals surface area contributed by atoms with Gasteiger partial charge < -0.3 is 0 Å². The molecule has 23 heavy (non-hydrogen) atoms. The standard InChI is InChI=1S/C16H12.C3H5.C2H6.C2H2/c1-2-7-13(8-3-1)16-12-6-10-14-9-4-5-11-15(14)16;1-3-2;2*1-2/h1-12H;3H,1-2H2;1-2H3;1-2H. The van der Waals surface area contributed by atoms with Gasteiger partial charge in [-0.1, -0.05) is 92.7 Å². The fourth-order valence-electron chi connectivity index (χ4n) is 2.09. The quantitative estimate of drug-likeness (QED) is 0.434. The predicted molar refractivity (Wildman–Crippen MR) is 106 cm³/mol. The van der Waals surface area contributed by atoms with Gasteiger partial charge in [-0.3, -0.25) is 0 Å². The van der Waals surface area contributed by atoms with Gasteiger partial charge in [0.15, 0.2) is 0 Å². The van der Waals surface area contributed by atoms with E-state index in [1.807, 2.05) is 13.8 Å². The van der Waals surface area contributed by atoms with Crippen molar-refractivity contribution in [3.05, 3.63) is 92.4 Å². The Labute approximate surface area is 141 Å². The molecule has 0 N–H and O–H groups in total. The summed E-state index contributed by atoms with van der Waals surface area (Å²) in [5.74, 6) is 0. The van der Waals surface area contributed by atoms with Crippen LogP contribution in [0.4, 0.5) is 0 Å². The normalized spacial score (nSPS) is 8.22. The van der Waals surface area contributed by atoms with Crippen molar-refractivity contribution in [2.75, 3.05) is 0 Å². The molecule has 0 atom stereocenters. The van der Waals surface area contributed by atoms with E-state index >= 15 is 0 Å². The van der Waals surface area contributed by atoms with E-state index in [9.17, 15) is 0 Å². The van der Waals surface area contributed by atoms with E-state index in [2.05, 4.69) is 99.1 Å². The zero-order valence-corrected chi connectivity index (χ0v) is 14.1. The lowest BCUT2D eigenvalue weighted by atomic mass is 9.98. The average molecular weight is 301 g/mol. The first-order valence-electron chi connectivity index (χ1n) is 7.63. The van der Waals surface area contributed by atoms with Gasteiger partial charge in [0.05, 0.1) is 0 Å². The van der Waals surface area contributed by atoms with Gasteiger partial charge in [-0.15, -0.1) is 19.4 Å². The van der Waals surface area contributed by atoms with Gasteiger partial charge in [-0.25, -0.2) is 0 Å². The van der Waals surface area contributed by atoms with E-state index in [1.165, 1.54) is 28.0 Å². The molecule has 0 amide bonds. The molecule has 1 radical (unpaired) electrons. The number of fused-ring (bicyclic) bond motifs is 1. The van der Waals surface area contributed by atoms with Crippen LogP contribution in [0.25, 0.3) is 21.9 Å². The topological polar surface area (TPSA) is 0 Å². The minimum absolute atomic E-state index is 1.28. The number of hydrogen-bond donors (Lipinski definition) is 0. The lowest BCUT2D eigenvalue weighted by Gasteiger charge is -2.06. The van der Waals surface area contributed by atoms with E-state index in [0.717, 1.165) is 0 Å². The summed E-state index contributed by atoms with van der Waals surface area (Å²) in [4.78, 5) is 0. The van der Waals surface area contributed by atoms with Gasteiger partial charge >= 0.3 is 0 Å². The summed E-state index contributed by atoms with van der Waals surface area (Å²) in [5, 5.41) is 2.61. The molecule has 0 bridgehead atoms. The van der Waals surface area contributed by atoms with Crippen LogP contribution in [0.2, 0.25) is 0 Å². The molecule has 0 saturated carbocycles. The molecule has 0 aliphatic rings. The van der Waals surface area contributed by atoms with Crippen molar-refractivity contribution in [3.63, 3.8) is 0 Å². The van der Waals surface area contributed by atoms with Crippen molar-refractivity contribution in [1.29, 1.82) is 0 Å². The summed E-state index contributed by atoms with van der Waals surface area (Å²) in [6.07, 6.45) is 9.50. The van der Waals surface area contributed by atoms with Crippen molar-refractivity contribution >= 4 is 10.8 Å². The van der Waals surface area contributed by atoms with Crippen molar-refractivity contribution in [2.24, 2.45) is 0 Å². The third kappa shape index (κ3) is 6.24. The Kier molecular flexibility index (Phi) is 11.4. The molecule has 0 unspecified atom stereocenters. The minimum Gasteiger partial charge on any atom is -0.124 e. The summed E-state index contributed by atoms with van der Waals surface area (Å²) < 4.78 is 0. The maximum Gasteiger partial charge on any atom is -0.0105 e. The van der Waals surface area contributed by atoms with Crippen LogP contribution in [0.5, 0.6) is 0 Å². The average Bonchev–Trinajstić information content (AvgIpc) is 2.66. The molecular weight excluding hydrogens is 276 g/mol. The van der Waals surface area contributed by atoms with Crippen LogP contribution >= 0.6 is 0 Å². The number of benzene rings is 3. The van der Waals surface area contributed by atoms with Crippen LogP contribution in [0.15, 0.2) is 85.5 Å². The molecule has 0 nitrogen and oxygen atoms in total. The zero-order chi connectivity index (χ0) is 17.5. The second kappa shape index (κ2) is 12.9. The molecule has 3 aromatic rings. The Morgan fingerprint density at radius 1 is 0.739 bits per heavy atom. The highest BCUT2D eigenvalue weighted by Crippen LogP contribution is 2.27. The Hall–Kier alpha value is -2.78. The van der Waals surface area contributed by atoms with Crippen molar-refractivity contribution in [1.82, 2.24) is 0 Å². The number of allylic oxidation sites excluding steroid dienone is 1. The molecule has 0 aliphatic heterocycles. The van der Waals surface area contributed by atoms with Gasteiger partial charge in [0.25, 0.3) is 0 Å². The van der Waals surface area contributed by atoms with Gasteiger partial charge in [0.2, 0.25) is 0 Å². The summed E-state index contributed by atoms with van der Waals surface area (Å²) in [6.45, 7) is 10.5. The van der Waals surface area contributed by atoms with Crippen molar-refractivity contribution in [3.8, 4) is 24.0 Å². The number of rotatable bonds is 1. The molecule has 0 heteroatoms. The molecule has 117 valence electrons. The first-order chi connectivity index (χ1) is 11.4. The highest BCUT2D eigenvalue weighted by molar-refractivity contribution is 5.96. The van der Waals surface area contributed by atoms with E-state index < -0.39 is 0 Å². The molecule has 0 aliphatic carbocycles. The lowest BCUT2D eigenvalue weighted by molar-refractivity contribution is 1.50. The van der Waals surface area contributed by atoms with E-state index in [-0.39, 0.29) is 0 Å². The monoisotopic (exact) mass is 301 g/mol. The molecule has 0 heterocycles. The van der Waals surface area contributed by atoms with Gasteiger partial charge in [0, 0.05) is 0 Å². The maximum atomic E-state index is 4.00. The number of terminal acetylenes is 1. The molecule has 3 rings (SSSR count). The maximum absolute atomic E-state index is 4.00. The molecule has 0 saturated heterocycles. The zero-order valence-electron chi connectivity index (χ0n) is 14.1. The van der Waals surface area contributed by atoms with E-state index in [0.29, 0.717) is 0 Å². The van der Waals surface area contributed by atoms with E-state index in [1.54, 1.807) is 0 Å². The SMILES string of the molecule is C#C.CC.[CH2]C=C.c1ccc(-c2cccc3ccccc23)cc1. The Morgan fingerprint density at radius 3 is 1.83 bits per heavy atom. The van der Waals surface area contributed by atoms with E-state index in [4.69, 9.17) is 0 Å². The first kappa shape index (κ1) is 20.2. The third-order valence-electron chi connectivity index (χ3n) is 2.87. The predicted octanol–water partition coefficient (Wildman–Crippen LogP) is 6.79. The Bertz CT molecular complexity index is 685. The smallest absolute Gasteiger partial charge is 0.0105 e. The van der Waals surface area contributed by atoms with Crippen LogP contribution in [-0.4, -0.2) is 0 Å². The van der Waals surface area contributed by atoms with Crippen molar-refractivity contribution in [2.45, 2.75) is 13.8 Å². The van der Waals surface area contributed by atoms with Crippen LogP contribution in [0.3, 0.4) is 0 Å². The first-order valence-corrected chi connectivity index (χ1v) is 7.63. The number of hydrogen-bond acceptors (Lipinski definition) is 0. The largest absolute Gasteiger partial charge is 0.124 e. The second-order valence-electron chi connectivity index (χ2n) is 4.18. The highest BCUT2D eigenvalue weighted by atomic mass is 14.0.